The molecule has 0 aliphatic rings. The van der Waals surface area contributed by atoms with Crippen molar-refractivity contribution in [2.75, 3.05) is 6.54 Å². The largest absolute Gasteiger partial charge is 0.472 e. The van der Waals surface area contributed by atoms with Gasteiger partial charge in [0.15, 0.2) is 0 Å². The van der Waals surface area contributed by atoms with Gasteiger partial charge in [-0.05, 0) is 13.0 Å². The first-order chi connectivity index (χ1) is 14.4. The number of rotatable bonds is 10. The first-order valence-corrected chi connectivity index (χ1v) is 11.8. The Kier molecular flexibility index (Phi) is 16.1. The SMILES string of the molecule is CCCCCCCCCCN.O=S(=O)(O)C(F)(F)C(F)(F)F.O=S(=O)(O)C(F)(F)C(F)(F)F. The second kappa shape index (κ2) is 14.5. The van der Waals surface area contributed by atoms with Gasteiger partial charge in [0.05, 0.1) is 0 Å². The maximum atomic E-state index is 11.5. The minimum Gasteiger partial charge on any atom is -0.330 e. The van der Waals surface area contributed by atoms with E-state index in [4.69, 9.17) is 14.8 Å². The molecule has 0 heterocycles. The van der Waals surface area contributed by atoms with Crippen LogP contribution in [0, 0.1) is 0 Å². The van der Waals surface area contributed by atoms with Gasteiger partial charge < -0.3 is 5.73 Å². The van der Waals surface area contributed by atoms with Crippen LogP contribution in [-0.4, -0.2) is 55.3 Å². The topological polar surface area (TPSA) is 135 Å². The van der Waals surface area contributed by atoms with Crippen LogP contribution in [0.15, 0.2) is 0 Å². The van der Waals surface area contributed by atoms with Gasteiger partial charge in [0, 0.05) is 0 Å². The summed E-state index contributed by atoms with van der Waals surface area (Å²) in [7, 11) is -12.8. The highest BCUT2D eigenvalue weighted by Gasteiger charge is 2.68. The highest BCUT2D eigenvalue weighted by atomic mass is 32.2. The molecule has 0 aliphatic carbocycles. The molecule has 204 valence electrons. The number of alkyl halides is 10. The van der Waals surface area contributed by atoms with E-state index in [2.05, 4.69) is 6.92 Å². The van der Waals surface area contributed by atoms with Crippen LogP contribution in [0.25, 0.3) is 0 Å². The molecular formula is C14H25F10NO6S2. The number of halogens is 10. The van der Waals surface area contributed by atoms with E-state index in [9.17, 15) is 60.7 Å². The Morgan fingerprint density at radius 3 is 0.970 bits per heavy atom. The van der Waals surface area contributed by atoms with E-state index < -0.39 is 43.1 Å². The Morgan fingerprint density at radius 2 is 0.818 bits per heavy atom. The summed E-state index contributed by atoms with van der Waals surface area (Å²) in [4.78, 5) is 0. The molecule has 0 aromatic carbocycles. The lowest BCUT2D eigenvalue weighted by Gasteiger charge is -2.15. The van der Waals surface area contributed by atoms with Crippen molar-refractivity contribution in [3.63, 3.8) is 0 Å². The summed E-state index contributed by atoms with van der Waals surface area (Å²) in [5, 5.41) is -12.2. The molecule has 0 aromatic rings. The highest BCUT2D eigenvalue weighted by Crippen LogP contribution is 2.39. The predicted molar refractivity (Wildman–Crippen MR) is 96.8 cm³/mol. The van der Waals surface area contributed by atoms with Gasteiger partial charge in [-0.3, -0.25) is 9.11 Å². The molecule has 0 saturated carbocycles. The molecule has 7 nitrogen and oxygen atoms in total. The summed E-state index contributed by atoms with van der Waals surface area (Å²) in [5.74, 6) is 0. The summed E-state index contributed by atoms with van der Waals surface area (Å²) >= 11 is 0. The van der Waals surface area contributed by atoms with Crippen molar-refractivity contribution in [2.45, 2.75) is 81.2 Å². The number of hydrogen-bond donors (Lipinski definition) is 3. The molecule has 0 bridgehead atoms. The van der Waals surface area contributed by atoms with Crippen LogP contribution >= 0.6 is 0 Å². The molecule has 4 N–H and O–H groups in total. The van der Waals surface area contributed by atoms with Crippen LogP contribution in [0.3, 0.4) is 0 Å². The second-order valence-electron chi connectivity index (χ2n) is 6.24. The number of unbranched alkanes of at least 4 members (excludes halogenated alkanes) is 7. The van der Waals surface area contributed by atoms with Gasteiger partial charge >= 0.3 is 43.1 Å². The zero-order valence-electron chi connectivity index (χ0n) is 17.1. The van der Waals surface area contributed by atoms with E-state index in [-0.39, 0.29) is 0 Å². The monoisotopic (exact) mass is 557 g/mol. The van der Waals surface area contributed by atoms with Gasteiger partial charge in [0.1, 0.15) is 0 Å². The second-order valence-corrected chi connectivity index (χ2v) is 9.17. The van der Waals surface area contributed by atoms with Crippen LogP contribution in [0.2, 0.25) is 0 Å². The normalized spacial score (nSPS) is 13.5. The van der Waals surface area contributed by atoms with Crippen LogP contribution < -0.4 is 5.73 Å². The highest BCUT2D eigenvalue weighted by molar-refractivity contribution is 7.87. The average Bonchev–Trinajstić information content (AvgIpc) is 2.58. The molecule has 0 spiro atoms. The quantitative estimate of drug-likeness (QED) is 0.192. The molecule has 0 aromatic heterocycles. The van der Waals surface area contributed by atoms with Gasteiger partial charge in [-0.2, -0.15) is 60.7 Å². The van der Waals surface area contributed by atoms with E-state index in [1.807, 2.05) is 0 Å². The van der Waals surface area contributed by atoms with E-state index in [0.717, 1.165) is 6.54 Å². The molecule has 0 amide bonds. The van der Waals surface area contributed by atoms with E-state index >= 15 is 0 Å². The van der Waals surface area contributed by atoms with Crippen molar-refractivity contribution < 1.29 is 69.8 Å². The third-order valence-corrected chi connectivity index (χ3v) is 5.12. The van der Waals surface area contributed by atoms with Crippen molar-refractivity contribution in [1.29, 1.82) is 0 Å². The van der Waals surface area contributed by atoms with Crippen molar-refractivity contribution in [3.05, 3.63) is 0 Å². The lowest BCUT2D eigenvalue weighted by atomic mass is 10.1. The van der Waals surface area contributed by atoms with Gasteiger partial charge in [0.25, 0.3) is 0 Å². The molecule has 0 radical (unpaired) electrons. The minimum absolute atomic E-state index is 0.870. The van der Waals surface area contributed by atoms with Crippen molar-refractivity contribution in [1.82, 2.24) is 0 Å². The van der Waals surface area contributed by atoms with E-state index in [1.165, 1.54) is 51.4 Å². The Bertz CT molecular complexity index is 675. The maximum absolute atomic E-state index is 11.5. The van der Waals surface area contributed by atoms with E-state index in [1.54, 1.807) is 0 Å². The Hall–Kier alpha value is -0.920. The molecule has 19 heteroatoms. The van der Waals surface area contributed by atoms with Crippen molar-refractivity contribution >= 4 is 20.2 Å². The number of hydrogen-bond acceptors (Lipinski definition) is 5. The first kappa shape index (κ1) is 36.6. The fraction of sp³-hybridized carbons (Fsp3) is 1.00. The summed E-state index contributed by atoms with van der Waals surface area (Å²) in [6, 6.07) is 0. The molecule has 33 heavy (non-hydrogen) atoms. The smallest absolute Gasteiger partial charge is 0.330 e. The lowest BCUT2D eigenvalue weighted by molar-refractivity contribution is -0.243. The van der Waals surface area contributed by atoms with Crippen molar-refractivity contribution in [3.8, 4) is 0 Å². The lowest BCUT2D eigenvalue weighted by Crippen LogP contribution is -2.43. The van der Waals surface area contributed by atoms with Crippen molar-refractivity contribution in [2.24, 2.45) is 5.73 Å². The van der Waals surface area contributed by atoms with E-state index in [0.29, 0.717) is 0 Å². The van der Waals surface area contributed by atoms with Gasteiger partial charge in [0.2, 0.25) is 0 Å². The molecule has 0 atom stereocenters. The minimum atomic E-state index is -6.42. The molecule has 0 saturated heterocycles. The van der Waals surface area contributed by atoms with Crippen LogP contribution in [0.4, 0.5) is 43.9 Å². The molecule has 0 unspecified atom stereocenters. The predicted octanol–water partition coefficient (Wildman–Crippen LogP) is 5.14. The van der Waals surface area contributed by atoms with Crippen LogP contribution in [-0.2, 0) is 20.2 Å². The van der Waals surface area contributed by atoms with Crippen LogP contribution in [0.5, 0.6) is 0 Å². The van der Waals surface area contributed by atoms with Crippen LogP contribution in [0.1, 0.15) is 58.3 Å². The first-order valence-electron chi connectivity index (χ1n) is 8.95. The average molecular weight is 557 g/mol. The zero-order valence-corrected chi connectivity index (χ0v) is 18.7. The fourth-order valence-electron chi connectivity index (χ4n) is 1.57. The maximum Gasteiger partial charge on any atom is 0.472 e. The third-order valence-electron chi connectivity index (χ3n) is 3.37. The summed E-state index contributed by atoms with van der Waals surface area (Å²) < 4.78 is 164. The number of nitrogens with two attached hydrogens (primary N) is 1. The van der Waals surface area contributed by atoms with Gasteiger partial charge in [-0.15, -0.1) is 0 Å². The Labute approximate surface area is 184 Å². The molecular weight excluding hydrogens is 532 g/mol. The molecule has 0 fully saturated rings. The molecule has 0 rings (SSSR count). The third kappa shape index (κ3) is 14.2. The Balaban J connectivity index is -0.000000409. The summed E-state index contributed by atoms with van der Waals surface area (Å²) in [6.45, 7) is 3.13. The standard InChI is InChI=1S/C10H23N.2C2HF5O3S/c1-2-3-4-5-6-7-8-9-10-11;2*3-1(4,5)2(6,7)11(8,9)10/h2-11H2,1H3;2*(H,8,9,10). The Morgan fingerprint density at radius 1 is 0.576 bits per heavy atom. The van der Waals surface area contributed by atoms with Gasteiger partial charge in [-0.25, -0.2) is 0 Å². The van der Waals surface area contributed by atoms with Gasteiger partial charge in [-0.1, -0.05) is 51.9 Å². The summed E-state index contributed by atoms with van der Waals surface area (Å²) in [6.07, 6.45) is -1.60. The zero-order chi connectivity index (χ0) is 27.4. The summed E-state index contributed by atoms with van der Waals surface area (Å²) in [5.41, 5.74) is 5.39. The fourth-order valence-corrected chi connectivity index (χ4v) is 2.16. The molecule has 0 aliphatic heterocycles.